The topological polar surface area (TPSA) is 150 Å². The standard InChI is InChI=1S/C43H65NO7/c1-4-6-8-15-36(46)25-21-34-20-19-33-14-11-13-32(5-2)39(33)26-22-35(12-9-7-10-16-41(49)50)42(40(34)27-38(48)29-45)44-30-43(3,51)28-31-17-23-37(47)24-18-31/h11,13-14,17-18,21,23-25,35-36,38,42,44-48,51H,4-10,12,15-16,19-20,22,26-30H2,1-3H3,(H,49,50)/b25-21+,40-34+/t35-,36-,38-,42+,43-/m0/s1. The van der Waals surface area contributed by atoms with E-state index >= 15 is 0 Å². The molecule has 7 N–H and O–H groups in total. The molecule has 0 unspecified atom stereocenters. The van der Waals surface area contributed by atoms with Gasteiger partial charge in [-0.25, -0.2) is 0 Å². The average molecular weight is 708 g/mol. The van der Waals surface area contributed by atoms with Gasteiger partial charge in [0.1, 0.15) is 5.75 Å². The third kappa shape index (κ3) is 14.9. The second kappa shape index (κ2) is 22.1. The van der Waals surface area contributed by atoms with Crippen LogP contribution in [0.25, 0.3) is 0 Å². The lowest BCUT2D eigenvalue weighted by Crippen LogP contribution is -2.48. The monoisotopic (exact) mass is 707 g/mol. The second-order valence-corrected chi connectivity index (χ2v) is 14.9. The Kier molecular flexibility index (Phi) is 18.4. The van der Waals surface area contributed by atoms with E-state index in [0.717, 1.165) is 80.9 Å². The SMILES string of the molecule is CCCCC[C@H](O)/C=C/C1=C(\C[C@H](O)CO)[C@H](NC[C@@](C)(O)Cc2ccc(O)cc2)[C@@H](CCCCCC(=O)O)CCc2c(CC)cccc2CC1. The molecule has 1 aliphatic rings. The molecule has 8 nitrogen and oxygen atoms in total. The zero-order valence-electron chi connectivity index (χ0n) is 31.3. The number of benzene rings is 2. The first-order valence-corrected chi connectivity index (χ1v) is 19.4. The highest BCUT2D eigenvalue weighted by molar-refractivity contribution is 5.66. The van der Waals surface area contributed by atoms with Crippen molar-refractivity contribution in [1.29, 1.82) is 0 Å². The third-order valence-corrected chi connectivity index (χ3v) is 10.4. The Balaban J connectivity index is 2.11. The van der Waals surface area contributed by atoms with Crippen LogP contribution in [0.3, 0.4) is 0 Å². The van der Waals surface area contributed by atoms with Crippen LogP contribution >= 0.6 is 0 Å². The van der Waals surface area contributed by atoms with Crippen LogP contribution in [-0.4, -0.2) is 73.6 Å². The maximum Gasteiger partial charge on any atom is 0.303 e. The number of hydrogen-bond donors (Lipinski definition) is 7. The molecule has 0 bridgehead atoms. The summed E-state index contributed by atoms with van der Waals surface area (Å²) < 4.78 is 0. The lowest BCUT2D eigenvalue weighted by molar-refractivity contribution is -0.137. The minimum absolute atomic E-state index is 0.0916. The number of rotatable bonds is 21. The first-order chi connectivity index (χ1) is 24.5. The molecule has 284 valence electrons. The highest BCUT2D eigenvalue weighted by Gasteiger charge is 2.32. The van der Waals surface area contributed by atoms with E-state index < -0.39 is 23.8 Å². The fourth-order valence-electron chi connectivity index (χ4n) is 7.58. The lowest BCUT2D eigenvalue weighted by Gasteiger charge is -2.36. The molecule has 0 spiro atoms. The van der Waals surface area contributed by atoms with Crippen LogP contribution in [0, 0.1) is 5.92 Å². The van der Waals surface area contributed by atoms with Crippen LogP contribution < -0.4 is 5.32 Å². The van der Waals surface area contributed by atoms with E-state index in [1.54, 1.807) is 19.1 Å². The van der Waals surface area contributed by atoms with Crippen LogP contribution in [0.15, 0.2) is 65.8 Å². The van der Waals surface area contributed by atoms with Crippen molar-refractivity contribution in [2.45, 2.75) is 147 Å². The minimum atomic E-state index is -1.13. The Hall–Kier alpha value is -3.01. The number of aliphatic carboxylic acids is 1. The predicted molar refractivity (Wildman–Crippen MR) is 205 cm³/mol. The molecule has 8 heteroatoms. The first kappa shape index (κ1) is 42.4. The Labute approximate surface area is 306 Å². The fourth-order valence-corrected chi connectivity index (χ4v) is 7.58. The minimum Gasteiger partial charge on any atom is -0.508 e. The normalized spacial score (nSPS) is 20.8. The maximum absolute atomic E-state index is 11.7. The number of unbranched alkanes of at least 4 members (excludes halogenated alkanes) is 4. The van der Waals surface area contributed by atoms with Crippen LogP contribution in [0.1, 0.15) is 120 Å². The Morgan fingerprint density at radius 2 is 1.76 bits per heavy atom. The summed E-state index contributed by atoms with van der Waals surface area (Å²) in [6.45, 7) is 6.02. The average Bonchev–Trinajstić information content (AvgIpc) is 3.10. The molecule has 0 heterocycles. The van der Waals surface area contributed by atoms with E-state index in [-0.39, 0.29) is 43.7 Å². The molecule has 51 heavy (non-hydrogen) atoms. The van der Waals surface area contributed by atoms with Gasteiger partial charge in [-0.1, -0.05) is 88.4 Å². The second-order valence-electron chi connectivity index (χ2n) is 14.9. The van der Waals surface area contributed by atoms with Crippen LogP contribution in [0.4, 0.5) is 0 Å². The predicted octanol–water partition coefficient (Wildman–Crippen LogP) is 6.97. The summed E-state index contributed by atoms with van der Waals surface area (Å²) in [4.78, 5) is 11.2. The van der Waals surface area contributed by atoms with Gasteiger partial charge in [0.2, 0.25) is 0 Å². The number of aliphatic hydroxyl groups is 4. The number of aromatic hydroxyl groups is 1. The highest BCUT2D eigenvalue weighted by Crippen LogP contribution is 2.34. The molecule has 0 saturated carbocycles. The summed E-state index contributed by atoms with van der Waals surface area (Å²) >= 11 is 0. The number of fused-ring (bicyclic) bond motifs is 1. The largest absolute Gasteiger partial charge is 0.508 e. The van der Waals surface area contributed by atoms with E-state index in [0.29, 0.717) is 25.7 Å². The first-order valence-electron chi connectivity index (χ1n) is 19.4. The van der Waals surface area contributed by atoms with Gasteiger partial charge >= 0.3 is 5.97 Å². The van der Waals surface area contributed by atoms with Crippen LogP contribution in [0.2, 0.25) is 0 Å². The molecule has 2 aromatic carbocycles. The van der Waals surface area contributed by atoms with E-state index in [1.807, 2.05) is 24.3 Å². The third-order valence-electron chi connectivity index (χ3n) is 10.4. The number of carbonyl (C=O) groups is 1. The van der Waals surface area contributed by atoms with Crippen molar-refractivity contribution in [2.75, 3.05) is 13.2 Å². The summed E-state index contributed by atoms with van der Waals surface area (Å²) in [6.07, 6.45) is 14.1. The number of aryl methyl sites for hydroxylation is 2. The quantitative estimate of drug-likeness (QED) is 0.0688. The van der Waals surface area contributed by atoms with Crippen molar-refractivity contribution in [3.05, 3.63) is 88.0 Å². The van der Waals surface area contributed by atoms with Gasteiger partial charge in [0, 0.05) is 25.4 Å². The fraction of sp³-hybridized carbons (Fsp3) is 0.605. The molecular formula is C43H65NO7. The molecule has 3 rings (SSSR count). The Morgan fingerprint density at radius 3 is 2.45 bits per heavy atom. The number of allylic oxidation sites excluding steroid dienone is 2. The van der Waals surface area contributed by atoms with Gasteiger partial charge < -0.3 is 36.0 Å². The Morgan fingerprint density at radius 1 is 1.00 bits per heavy atom. The molecule has 0 radical (unpaired) electrons. The summed E-state index contributed by atoms with van der Waals surface area (Å²) in [5.41, 5.74) is 5.82. The number of carboxylic acid groups (broad SMARTS) is 1. The summed E-state index contributed by atoms with van der Waals surface area (Å²) in [5, 5.41) is 66.5. The van der Waals surface area contributed by atoms with Gasteiger partial charge in [-0.05, 0) is 116 Å². The van der Waals surface area contributed by atoms with Gasteiger partial charge in [0.15, 0.2) is 0 Å². The number of phenols is 1. The van der Waals surface area contributed by atoms with E-state index in [9.17, 15) is 35.4 Å². The van der Waals surface area contributed by atoms with Crippen molar-refractivity contribution in [1.82, 2.24) is 5.32 Å². The van der Waals surface area contributed by atoms with Gasteiger partial charge in [0.25, 0.3) is 0 Å². The molecule has 0 aliphatic heterocycles. The van der Waals surface area contributed by atoms with Crippen LogP contribution in [0.5, 0.6) is 5.75 Å². The number of phenolic OH excluding ortho intramolecular Hbond substituents is 1. The van der Waals surface area contributed by atoms with E-state index in [4.69, 9.17) is 0 Å². The van der Waals surface area contributed by atoms with Crippen molar-refractivity contribution < 1.29 is 35.4 Å². The van der Waals surface area contributed by atoms with Gasteiger partial charge in [-0.15, -0.1) is 0 Å². The molecule has 0 saturated heterocycles. The molecule has 0 fully saturated rings. The van der Waals surface area contributed by atoms with Gasteiger partial charge in [0.05, 0.1) is 24.4 Å². The molecule has 5 atom stereocenters. The van der Waals surface area contributed by atoms with Crippen molar-refractivity contribution in [3.8, 4) is 5.75 Å². The smallest absolute Gasteiger partial charge is 0.303 e. The number of aliphatic hydroxyl groups excluding tert-OH is 3. The summed E-state index contributed by atoms with van der Waals surface area (Å²) in [5.74, 6) is -0.524. The zero-order chi connectivity index (χ0) is 37.2. The molecular weight excluding hydrogens is 642 g/mol. The Bertz CT molecular complexity index is 1380. The maximum atomic E-state index is 11.7. The van der Waals surface area contributed by atoms with E-state index in [2.05, 4.69) is 37.4 Å². The number of nitrogens with one attached hydrogen (secondary N) is 1. The van der Waals surface area contributed by atoms with Gasteiger partial charge in [-0.3, -0.25) is 4.79 Å². The number of hydrogen-bond acceptors (Lipinski definition) is 7. The molecule has 0 aromatic heterocycles. The zero-order valence-corrected chi connectivity index (χ0v) is 31.3. The molecule has 2 aromatic rings. The summed E-state index contributed by atoms with van der Waals surface area (Å²) in [7, 11) is 0. The summed E-state index contributed by atoms with van der Waals surface area (Å²) in [6, 6.07) is 13.2. The van der Waals surface area contributed by atoms with E-state index in [1.165, 1.54) is 16.7 Å². The lowest BCUT2D eigenvalue weighted by atomic mass is 9.77. The molecule has 1 aliphatic carbocycles. The van der Waals surface area contributed by atoms with Gasteiger partial charge in [-0.2, -0.15) is 0 Å². The highest BCUT2D eigenvalue weighted by atomic mass is 16.4. The number of carboxylic acids is 1. The van der Waals surface area contributed by atoms with Crippen LogP contribution in [-0.2, 0) is 30.5 Å². The van der Waals surface area contributed by atoms with Crippen molar-refractivity contribution in [3.63, 3.8) is 0 Å². The van der Waals surface area contributed by atoms with Crippen molar-refractivity contribution in [2.24, 2.45) is 5.92 Å². The molecule has 0 amide bonds. The van der Waals surface area contributed by atoms with Crippen molar-refractivity contribution >= 4 is 5.97 Å².